The molecule has 2 aliphatic heterocycles. The molecule has 0 fully saturated rings. The van der Waals surface area contributed by atoms with Crippen molar-refractivity contribution in [1.29, 1.82) is 0 Å². The van der Waals surface area contributed by atoms with E-state index in [1.54, 1.807) is 0 Å². The van der Waals surface area contributed by atoms with E-state index in [-0.39, 0.29) is 48.5 Å². The van der Waals surface area contributed by atoms with Crippen LogP contribution in [0.4, 0.5) is 52.7 Å². The highest BCUT2D eigenvalue weighted by atomic mass is 19.4. The van der Waals surface area contributed by atoms with Gasteiger partial charge in [-0.15, -0.1) is 0 Å². The minimum atomic E-state index is -6.08. The molecule has 2 heterocycles. The summed E-state index contributed by atoms with van der Waals surface area (Å²) in [7, 11) is 0. The molecule has 3 aromatic rings. The van der Waals surface area contributed by atoms with Crippen molar-refractivity contribution >= 4 is 23.9 Å². The van der Waals surface area contributed by atoms with Crippen molar-refractivity contribution < 1.29 is 81.3 Å². The molecule has 0 aromatic heterocycles. The average molecular weight is 656 g/mol. The van der Waals surface area contributed by atoms with Crippen LogP contribution in [0.3, 0.4) is 0 Å². The average Bonchev–Trinajstić information content (AvgIpc) is 3.35. The molecule has 0 N–H and O–H groups in total. The van der Waals surface area contributed by atoms with Gasteiger partial charge >= 0.3 is 48.6 Å². The zero-order chi connectivity index (χ0) is 33.7. The molecule has 0 spiro atoms. The van der Waals surface area contributed by atoms with E-state index in [2.05, 4.69) is 9.47 Å². The van der Waals surface area contributed by atoms with E-state index in [9.17, 15) is 58.7 Å². The number of cyclic esters (lactones) is 4. The summed E-state index contributed by atoms with van der Waals surface area (Å²) in [5.41, 5.74) is -21.0. The molecular formula is C27H8F12O6. The second kappa shape index (κ2) is 9.55. The van der Waals surface area contributed by atoms with Crippen LogP contribution in [0.25, 0.3) is 0 Å². The Morgan fingerprint density at radius 3 is 1.09 bits per heavy atom. The highest BCUT2D eigenvalue weighted by Crippen LogP contribution is 2.55. The molecule has 45 heavy (non-hydrogen) atoms. The Bertz CT molecular complexity index is 1720. The number of benzene rings is 3. The third-order valence-corrected chi connectivity index (χ3v) is 7.04. The number of carbonyl (C=O) groups is 4. The molecule has 18 heteroatoms. The Hall–Kier alpha value is -4.90. The first-order valence-electron chi connectivity index (χ1n) is 11.8. The predicted octanol–water partition coefficient (Wildman–Crippen LogP) is 7.26. The van der Waals surface area contributed by atoms with Crippen LogP contribution in [0.1, 0.15) is 74.8 Å². The van der Waals surface area contributed by atoms with E-state index in [4.69, 9.17) is 0 Å². The van der Waals surface area contributed by atoms with Gasteiger partial charge in [-0.3, -0.25) is 0 Å². The number of halogens is 12. The van der Waals surface area contributed by atoms with Gasteiger partial charge in [0, 0.05) is 0 Å². The molecule has 0 saturated carbocycles. The van der Waals surface area contributed by atoms with E-state index in [1.807, 2.05) is 0 Å². The summed E-state index contributed by atoms with van der Waals surface area (Å²) >= 11 is 0. The molecular weight excluding hydrogens is 648 g/mol. The Balaban J connectivity index is 2.01. The van der Waals surface area contributed by atoms with Gasteiger partial charge in [-0.25, -0.2) is 19.2 Å². The molecule has 3 aromatic carbocycles. The van der Waals surface area contributed by atoms with Crippen molar-refractivity contribution in [2.75, 3.05) is 0 Å². The lowest BCUT2D eigenvalue weighted by molar-refractivity contribution is -0.167. The smallest absolute Gasteiger partial charge is 0.386 e. The number of rotatable bonds is 3. The van der Waals surface area contributed by atoms with Crippen LogP contribution in [0.15, 0.2) is 48.5 Å². The van der Waals surface area contributed by atoms with Gasteiger partial charge < -0.3 is 9.47 Å². The zero-order valence-corrected chi connectivity index (χ0v) is 21.1. The fraction of sp³-hybridized carbons (Fsp3) is 0.185. The van der Waals surface area contributed by atoms with Crippen LogP contribution in [0.5, 0.6) is 0 Å². The highest BCUT2D eigenvalue weighted by Gasteiger charge is 2.61. The SMILES string of the molecule is O=C1OC(=O)c2c1cc(C(c1ccc(C(F)(F)F)cc1)(c1cc3c(c(C(F)(F)F)c1)C(=O)OC3=O)C(F)(F)F)cc2C(F)(F)F. The standard InChI is InChI=1S/C27H8F12O6/c28-24(29,30)10-3-1-9(2-4-10)23(27(37,38)39,11-5-13-17(21(42)44-19(13)40)15(7-11)25(31,32)33)12-6-14-18(22(43)45-20(14)41)16(8-12)26(34,35)36/h1-8H. The first-order valence-corrected chi connectivity index (χ1v) is 11.8. The van der Waals surface area contributed by atoms with Gasteiger partial charge in [0.15, 0.2) is 0 Å². The summed E-state index contributed by atoms with van der Waals surface area (Å²) in [4.78, 5) is 48.6. The fourth-order valence-electron chi connectivity index (χ4n) is 5.21. The van der Waals surface area contributed by atoms with E-state index < -0.39 is 110 Å². The van der Waals surface area contributed by atoms with Gasteiger partial charge in [0.25, 0.3) is 0 Å². The molecule has 0 saturated heterocycles. The normalized spacial score (nSPS) is 15.6. The number of alkyl halides is 12. The van der Waals surface area contributed by atoms with Crippen LogP contribution in [-0.4, -0.2) is 30.1 Å². The second-order valence-corrected chi connectivity index (χ2v) is 9.57. The lowest BCUT2D eigenvalue weighted by atomic mass is 9.67. The number of hydrogen-bond acceptors (Lipinski definition) is 6. The largest absolute Gasteiger partial charge is 0.417 e. The van der Waals surface area contributed by atoms with Gasteiger partial charge in [0.05, 0.1) is 38.9 Å². The Morgan fingerprint density at radius 2 is 0.778 bits per heavy atom. The minimum absolute atomic E-state index is 0.0570. The number of ether oxygens (including phenoxy) is 2. The van der Waals surface area contributed by atoms with Gasteiger partial charge in [-0.1, -0.05) is 12.1 Å². The van der Waals surface area contributed by atoms with Gasteiger partial charge in [0.1, 0.15) is 5.41 Å². The Labute approximate surface area is 240 Å². The maximum atomic E-state index is 15.5. The van der Waals surface area contributed by atoms with Crippen LogP contribution >= 0.6 is 0 Å². The van der Waals surface area contributed by atoms with E-state index in [1.165, 1.54) is 0 Å². The van der Waals surface area contributed by atoms with Crippen LogP contribution in [0.2, 0.25) is 0 Å². The maximum Gasteiger partial charge on any atom is 0.417 e. The molecule has 0 amide bonds. The molecule has 0 bridgehead atoms. The number of esters is 4. The quantitative estimate of drug-likeness (QED) is 0.128. The van der Waals surface area contributed by atoms with E-state index in [0.29, 0.717) is 0 Å². The Morgan fingerprint density at radius 1 is 0.422 bits per heavy atom. The van der Waals surface area contributed by atoms with Crippen LogP contribution in [0, 0.1) is 0 Å². The number of hydrogen-bond donors (Lipinski definition) is 0. The summed E-state index contributed by atoms with van der Waals surface area (Å²) in [6.07, 6.45) is -22.7. The molecule has 0 atom stereocenters. The second-order valence-electron chi connectivity index (χ2n) is 9.57. The van der Waals surface area contributed by atoms with Gasteiger partial charge in [-0.05, 0) is 53.1 Å². The van der Waals surface area contributed by atoms with Gasteiger partial charge in [-0.2, -0.15) is 52.7 Å². The molecule has 0 radical (unpaired) electrons. The van der Waals surface area contributed by atoms with E-state index >= 15 is 13.2 Å². The molecule has 0 unspecified atom stereocenters. The van der Waals surface area contributed by atoms with Crippen LogP contribution in [-0.2, 0) is 33.4 Å². The predicted molar refractivity (Wildman–Crippen MR) is 120 cm³/mol. The molecule has 6 nitrogen and oxygen atoms in total. The Kier molecular flexibility index (Phi) is 6.69. The summed E-state index contributed by atoms with van der Waals surface area (Å²) in [6, 6.07) is -0.182. The lowest BCUT2D eigenvalue weighted by Crippen LogP contribution is -2.45. The minimum Gasteiger partial charge on any atom is -0.386 e. The monoisotopic (exact) mass is 656 g/mol. The molecule has 2 aliphatic rings. The fourth-order valence-corrected chi connectivity index (χ4v) is 5.21. The summed E-state index contributed by atoms with van der Waals surface area (Å²) < 4.78 is 179. The molecule has 236 valence electrons. The third-order valence-electron chi connectivity index (χ3n) is 7.04. The molecule has 5 rings (SSSR count). The van der Waals surface area contributed by atoms with Crippen molar-refractivity contribution in [3.63, 3.8) is 0 Å². The maximum absolute atomic E-state index is 15.5. The first kappa shape index (κ1) is 31.5. The van der Waals surface area contributed by atoms with Crippen molar-refractivity contribution in [3.05, 3.63) is 104 Å². The summed E-state index contributed by atoms with van der Waals surface area (Å²) in [5.74, 6) is -7.58. The third kappa shape index (κ3) is 4.78. The lowest BCUT2D eigenvalue weighted by Gasteiger charge is -2.38. The van der Waals surface area contributed by atoms with Crippen molar-refractivity contribution in [2.45, 2.75) is 30.1 Å². The van der Waals surface area contributed by atoms with Gasteiger partial charge in [0.2, 0.25) is 0 Å². The van der Waals surface area contributed by atoms with Crippen molar-refractivity contribution in [1.82, 2.24) is 0 Å². The molecule has 0 aliphatic carbocycles. The summed E-state index contributed by atoms with van der Waals surface area (Å²) in [6.45, 7) is 0. The highest BCUT2D eigenvalue weighted by molar-refractivity contribution is 6.16. The number of carbonyl (C=O) groups excluding carboxylic acids is 4. The van der Waals surface area contributed by atoms with E-state index in [0.717, 1.165) is 0 Å². The zero-order valence-electron chi connectivity index (χ0n) is 21.1. The van der Waals surface area contributed by atoms with Crippen molar-refractivity contribution in [2.24, 2.45) is 0 Å². The van der Waals surface area contributed by atoms with Crippen molar-refractivity contribution in [3.8, 4) is 0 Å². The first-order chi connectivity index (χ1) is 20.5. The number of fused-ring (bicyclic) bond motifs is 2. The van der Waals surface area contributed by atoms with Crippen LogP contribution < -0.4 is 0 Å². The topological polar surface area (TPSA) is 86.7 Å². The summed E-state index contributed by atoms with van der Waals surface area (Å²) in [5, 5.41) is 0.